The molecular formula is C14H23BrCl2N2. The van der Waals surface area contributed by atoms with Gasteiger partial charge in [0.1, 0.15) is 0 Å². The molecule has 0 atom stereocenters. The van der Waals surface area contributed by atoms with E-state index in [9.17, 15) is 0 Å². The summed E-state index contributed by atoms with van der Waals surface area (Å²) in [5.74, 6) is 1.18. The number of hydrogen-bond acceptors (Lipinski definition) is 1. The van der Waals surface area contributed by atoms with Crippen LogP contribution in [-0.4, -0.2) is 21.5 Å². The average molecular weight is 370 g/mol. The lowest BCUT2D eigenvalue weighted by Gasteiger charge is -2.29. The standard InChI is InChI=1S/C14H23BrCl2N2/c1-4-7-14(9-16,10-17)8-12-13(15)11(5-2)18-19(12)6-3/h4-10H2,1-3H3. The quantitative estimate of drug-likeness (QED) is 0.587. The van der Waals surface area contributed by atoms with Crippen LogP contribution in [0.5, 0.6) is 0 Å². The third-order valence-electron chi connectivity index (χ3n) is 3.58. The van der Waals surface area contributed by atoms with Crippen LogP contribution in [0.1, 0.15) is 45.0 Å². The second kappa shape index (κ2) is 7.90. The van der Waals surface area contributed by atoms with Gasteiger partial charge in [-0.05, 0) is 42.1 Å². The fourth-order valence-corrected chi connectivity index (χ4v) is 3.87. The summed E-state index contributed by atoms with van der Waals surface area (Å²) in [7, 11) is 0. The average Bonchev–Trinajstić information content (AvgIpc) is 2.74. The van der Waals surface area contributed by atoms with Crippen LogP contribution in [0.15, 0.2) is 4.47 Å². The molecule has 0 spiro atoms. The van der Waals surface area contributed by atoms with Gasteiger partial charge in [-0.25, -0.2) is 0 Å². The predicted octanol–water partition coefficient (Wildman–Crippen LogP) is 5.03. The Hall–Kier alpha value is 0.270. The van der Waals surface area contributed by atoms with Gasteiger partial charge in [-0.15, -0.1) is 23.2 Å². The lowest BCUT2D eigenvalue weighted by atomic mass is 9.82. The highest BCUT2D eigenvalue weighted by molar-refractivity contribution is 9.10. The first-order chi connectivity index (χ1) is 9.07. The summed E-state index contributed by atoms with van der Waals surface area (Å²) < 4.78 is 3.21. The molecule has 2 nitrogen and oxygen atoms in total. The molecule has 0 unspecified atom stereocenters. The summed E-state index contributed by atoms with van der Waals surface area (Å²) in [6.07, 6.45) is 3.96. The van der Waals surface area contributed by atoms with Gasteiger partial charge in [-0.2, -0.15) is 5.10 Å². The number of aryl methyl sites for hydroxylation is 2. The summed E-state index contributed by atoms with van der Waals surface area (Å²) in [6.45, 7) is 7.29. The molecule has 0 aromatic carbocycles. The van der Waals surface area contributed by atoms with Crippen molar-refractivity contribution in [2.24, 2.45) is 5.41 Å². The van der Waals surface area contributed by atoms with E-state index in [1.807, 2.05) is 0 Å². The van der Waals surface area contributed by atoms with Crippen molar-refractivity contribution in [3.05, 3.63) is 15.9 Å². The van der Waals surface area contributed by atoms with E-state index >= 15 is 0 Å². The Morgan fingerprint density at radius 3 is 2.26 bits per heavy atom. The Morgan fingerprint density at radius 1 is 1.21 bits per heavy atom. The van der Waals surface area contributed by atoms with Gasteiger partial charge in [0.05, 0.1) is 15.9 Å². The number of alkyl halides is 2. The summed E-state index contributed by atoms with van der Waals surface area (Å²) in [6, 6.07) is 0. The van der Waals surface area contributed by atoms with Gasteiger partial charge in [0.25, 0.3) is 0 Å². The highest BCUT2D eigenvalue weighted by atomic mass is 79.9. The molecule has 0 aliphatic rings. The second-order valence-corrected chi connectivity index (χ2v) is 6.40. The molecule has 0 bridgehead atoms. The zero-order chi connectivity index (χ0) is 14.5. The Morgan fingerprint density at radius 2 is 1.84 bits per heavy atom. The minimum atomic E-state index is -0.0294. The van der Waals surface area contributed by atoms with Crippen LogP contribution in [0.3, 0.4) is 0 Å². The molecule has 0 aliphatic carbocycles. The number of nitrogens with zero attached hydrogens (tertiary/aromatic N) is 2. The van der Waals surface area contributed by atoms with Crippen molar-refractivity contribution in [3.8, 4) is 0 Å². The fraction of sp³-hybridized carbons (Fsp3) is 0.786. The van der Waals surface area contributed by atoms with Gasteiger partial charge in [0.15, 0.2) is 0 Å². The van der Waals surface area contributed by atoms with E-state index in [0.717, 1.165) is 42.4 Å². The van der Waals surface area contributed by atoms with E-state index in [1.54, 1.807) is 0 Å². The Bertz CT molecular complexity index is 400. The molecule has 0 N–H and O–H groups in total. The summed E-state index contributed by atoms with van der Waals surface area (Å²) >= 11 is 16.1. The fourth-order valence-electron chi connectivity index (χ4n) is 2.42. The van der Waals surface area contributed by atoms with Crippen molar-refractivity contribution in [2.75, 3.05) is 11.8 Å². The third-order valence-corrected chi connectivity index (χ3v) is 5.63. The molecule has 110 valence electrons. The van der Waals surface area contributed by atoms with E-state index in [0.29, 0.717) is 11.8 Å². The van der Waals surface area contributed by atoms with Crippen LogP contribution in [0.4, 0.5) is 0 Å². The lowest BCUT2D eigenvalue weighted by Crippen LogP contribution is -2.29. The van der Waals surface area contributed by atoms with Crippen LogP contribution in [0, 0.1) is 5.41 Å². The molecule has 19 heavy (non-hydrogen) atoms. The predicted molar refractivity (Wildman–Crippen MR) is 87.5 cm³/mol. The maximum Gasteiger partial charge on any atom is 0.0766 e. The number of rotatable bonds is 8. The summed E-state index contributed by atoms with van der Waals surface area (Å²) in [5, 5.41) is 4.64. The maximum absolute atomic E-state index is 6.21. The Labute approximate surface area is 135 Å². The third kappa shape index (κ3) is 3.89. The van der Waals surface area contributed by atoms with E-state index in [2.05, 4.69) is 46.5 Å². The molecule has 1 aromatic rings. The van der Waals surface area contributed by atoms with Crippen LogP contribution in [0.2, 0.25) is 0 Å². The molecule has 0 amide bonds. The largest absolute Gasteiger partial charge is 0.268 e. The van der Waals surface area contributed by atoms with Crippen LogP contribution in [0.25, 0.3) is 0 Å². The van der Waals surface area contributed by atoms with Crippen molar-refractivity contribution in [2.45, 2.75) is 53.0 Å². The van der Waals surface area contributed by atoms with E-state index in [1.165, 1.54) is 5.69 Å². The minimum Gasteiger partial charge on any atom is -0.268 e. The molecule has 0 aliphatic heterocycles. The molecule has 1 rings (SSSR count). The van der Waals surface area contributed by atoms with Crippen molar-refractivity contribution in [1.82, 2.24) is 9.78 Å². The first-order valence-electron chi connectivity index (χ1n) is 6.93. The second-order valence-electron chi connectivity index (χ2n) is 5.07. The molecule has 1 aromatic heterocycles. The summed E-state index contributed by atoms with van der Waals surface area (Å²) in [5.41, 5.74) is 2.32. The Kier molecular flexibility index (Phi) is 7.20. The molecule has 1 heterocycles. The minimum absolute atomic E-state index is 0.0294. The SMILES string of the molecule is CCCC(CCl)(CCl)Cc1c(Br)c(CC)nn1CC. The topological polar surface area (TPSA) is 17.8 Å². The normalized spacial score (nSPS) is 12.1. The van der Waals surface area contributed by atoms with Crippen molar-refractivity contribution >= 4 is 39.1 Å². The van der Waals surface area contributed by atoms with Gasteiger partial charge in [-0.1, -0.05) is 20.3 Å². The van der Waals surface area contributed by atoms with Crippen LogP contribution < -0.4 is 0 Å². The highest BCUT2D eigenvalue weighted by Crippen LogP contribution is 2.35. The van der Waals surface area contributed by atoms with Crippen molar-refractivity contribution in [3.63, 3.8) is 0 Å². The van der Waals surface area contributed by atoms with Gasteiger partial charge < -0.3 is 0 Å². The molecular weight excluding hydrogens is 347 g/mol. The summed E-state index contributed by atoms with van der Waals surface area (Å²) in [4.78, 5) is 0. The molecule has 5 heteroatoms. The van der Waals surface area contributed by atoms with Crippen LogP contribution >= 0.6 is 39.1 Å². The zero-order valence-electron chi connectivity index (χ0n) is 12.0. The highest BCUT2D eigenvalue weighted by Gasteiger charge is 2.31. The molecule has 0 radical (unpaired) electrons. The van der Waals surface area contributed by atoms with Crippen molar-refractivity contribution in [1.29, 1.82) is 0 Å². The smallest absolute Gasteiger partial charge is 0.0766 e. The van der Waals surface area contributed by atoms with Gasteiger partial charge in [0, 0.05) is 23.7 Å². The Balaban J connectivity index is 3.11. The van der Waals surface area contributed by atoms with Gasteiger partial charge >= 0.3 is 0 Å². The first kappa shape index (κ1) is 17.3. The zero-order valence-corrected chi connectivity index (χ0v) is 15.1. The molecule has 0 fully saturated rings. The number of halogens is 3. The first-order valence-corrected chi connectivity index (χ1v) is 8.79. The van der Waals surface area contributed by atoms with Gasteiger partial charge in [0.2, 0.25) is 0 Å². The number of hydrogen-bond donors (Lipinski definition) is 0. The van der Waals surface area contributed by atoms with Crippen LogP contribution in [-0.2, 0) is 19.4 Å². The van der Waals surface area contributed by atoms with E-state index in [-0.39, 0.29) is 5.41 Å². The van der Waals surface area contributed by atoms with E-state index in [4.69, 9.17) is 23.2 Å². The van der Waals surface area contributed by atoms with Gasteiger partial charge in [-0.3, -0.25) is 4.68 Å². The molecule has 0 saturated carbocycles. The van der Waals surface area contributed by atoms with E-state index < -0.39 is 0 Å². The monoisotopic (exact) mass is 368 g/mol. The van der Waals surface area contributed by atoms with Crippen molar-refractivity contribution < 1.29 is 0 Å². The maximum atomic E-state index is 6.21. The lowest BCUT2D eigenvalue weighted by molar-refractivity contribution is 0.330. The molecule has 0 saturated heterocycles. The number of aromatic nitrogens is 2.